The molecule has 3 N–H and O–H groups in total. The number of aromatic nitrogens is 1. The molecule has 0 aliphatic carbocycles. The molecule has 3 rings (SSSR count). The van der Waals surface area contributed by atoms with Gasteiger partial charge >= 0.3 is 0 Å². The van der Waals surface area contributed by atoms with Gasteiger partial charge in [-0.25, -0.2) is 0 Å². The van der Waals surface area contributed by atoms with Gasteiger partial charge in [-0.1, -0.05) is 30.3 Å². The number of H-pyrrole nitrogens is 1. The van der Waals surface area contributed by atoms with Gasteiger partial charge in [-0.2, -0.15) is 0 Å². The second-order valence-electron chi connectivity index (χ2n) is 6.45. The van der Waals surface area contributed by atoms with Crippen molar-refractivity contribution in [2.24, 2.45) is 4.99 Å². The summed E-state index contributed by atoms with van der Waals surface area (Å²) in [7, 11) is 3.45. The maximum atomic E-state index is 5.58. The van der Waals surface area contributed by atoms with Gasteiger partial charge in [-0.05, 0) is 35.7 Å². The third-order valence-corrected chi connectivity index (χ3v) is 4.52. The van der Waals surface area contributed by atoms with Gasteiger partial charge < -0.3 is 25.1 Å². The van der Waals surface area contributed by atoms with Crippen LogP contribution in [0, 0.1) is 0 Å². The first-order valence-electron chi connectivity index (χ1n) is 9.50. The Balaban J connectivity index is 0.00000300. The number of ether oxygens (including phenoxy) is 2. The molecule has 29 heavy (non-hydrogen) atoms. The number of methoxy groups -OCH3 is 1. The lowest BCUT2D eigenvalue weighted by molar-refractivity contribution is 0.146. The summed E-state index contributed by atoms with van der Waals surface area (Å²) in [6.45, 7) is 2.66. The quantitative estimate of drug-likeness (QED) is 0.178. The molecule has 0 aliphatic heterocycles. The highest BCUT2D eigenvalue weighted by atomic mass is 127. The number of guanidine groups is 1. The molecule has 0 spiro atoms. The molecule has 0 saturated carbocycles. The van der Waals surface area contributed by atoms with E-state index in [1.165, 1.54) is 22.0 Å². The number of aromatic amines is 1. The summed E-state index contributed by atoms with van der Waals surface area (Å²) < 4.78 is 10.6. The van der Waals surface area contributed by atoms with E-state index < -0.39 is 0 Å². The molecule has 0 radical (unpaired) electrons. The SMILES string of the molecule is CN=C(NCCc1c[nH]c2ccccc12)NCc1ccc(OCCOC)cc1.I. The third-order valence-electron chi connectivity index (χ3n) is 4.52. The number of para-hydroxylation sites is 1. The zero-order valence-electron chi connectivity index (χ0n) is 16.9. The van der Waals surface area contributed by atoms with Crippen molar-refractivity contribution in [3.63, 3.8) is 0 Å². The predicted molar refractivity (Wildman–Crippen MR) is 129 cm³/mol. The van der Waals surface area contributed by atoms with E-state index in [0.717, 1.165) is 24.7 Å². The number of halogens is 1. The molecule has 0 aliphatic rings. The molecular formula is C22H29IN4O2. The van der Waals surface area contributed by atoms with E-state index in [4.69, 9.17) is 9.47 Å². The van der Waals surface area contributed by atoms with Crippen molar-refractivity contribution in [3.05, 3.63) is 65.9 Å². The molecule has 156 valence electrons. The molecule has 0 bridgehead atoms. The minimum absolute atomic E-state index is 0. The second-order valence-corrected chi connectivity index (χ2v) is 6.45. The number of fused-ring (bicyclic) bond motifs is 1. The van der Waals surface area contributed by atoms with Crippen LogP contribution in [0.4, 0.5) is 0 Å². The molecule has 0 unspecified atom stereocenters. The molecule has 0 saturated heterocycles. The maximum Gasteiger partial charge on any atom is 0.191 e. The molecule has 7 heteroatoms. The molecule has 1 heterocycles. The molecular weight excluding hydrogens is 479 g/mol. The minimum Gasteiger partial charge on any atom is -0.491 e. The lowest BCUT2D eigenvalue weighted by atomic mass is 10.1. The zero-order valence-corrected chi connectivity index (χ0v) is 19.2. The Morgan fingerprint density at radius 3 is 2.59 bits per heavy atom. The van der Waals surface area contributed by atoms with Crippen LogP contribution >= 0.6 is 24.0 Å². The summed E-state index contributed by atoms with van der Waals surface area (Å²) in [4.78, 5) is 7.62. The monoisotopic (exact) mass is 508 g/mol. The highest BCUT2D eigenvalue weighted by Crippen LogP contribution is 2.17. The van der Waals surface area contributed by atoms with Crippen molar-refractivity contribution in [1.82, 2.24) is 15.6 Å². The van der Waals surface area contributed by atoms with Crippen LogP contribution < -0.4 is 15.4 Å². The first-order chi connectivity index (χ1) is 13.8. The van der Waals surface area contributed by atoms with Gasteiger partial charge in [0.05, 0.1) is 6.61 Å². The van der Waals surface area contributed by atoms with E-state index in [9.17, 15) is 0 Å². The molecule has 1 aromatic heterocycles. The fourth-order valence-electron chi connectivity index (χ4n) is 3.01. The van der Waals surface area contributed by atoms with E-state index in [-0.39, 0.29) is 24.0 Å². The van der Waals surface area contributed by atoms with Crippen molar-refractivity contribution in [1.29, 1.82) is 0 Å². The number of aliphatic imine (C=N–C) groups is 1. The van der Waals surface area contributed by atoms with E-state index >= 15 is 0 Å². The smallest absolute Gasteiger partial charge is 0.191 e. The van der Waals surface area contributed by atoms with E-state index in [1.54, 1.807) is 14.2 Å². The average molecular weight is 508 g/mol. The molecule has 6 nitrogen and oxygen atoms in total. The van der Waals surface area contributed by atoms with Crippen LogP contribution in [0.5, 0.6) is 5.75 Å². The first-order valence-corrected chi connectivity index (χ1v) is 9.50. The Morgan fingerprint density at radius 1 is 1.03 bits per heavy atom. The van der Waals surface area contributed by atoms with Crippen molar-refractivity contribution < 1.29 is 9.47 Å². The summed E-state index contributed by atoms with van der Waals surface area (Å²) >= 11 is 0. The van der Waals surface area contributed by atoms with Gasteiger partial charge in [0.2, 0.25) is 0 Å². The van der Waals surface area contributed by atoms with Gasteiger partial charge in [-0.15, -0.1) is 24.0 Å². The summed E-state index contributed by atoms with van der Waals surface area (Å²) in [6.07, 6.45) is 3.01. The number of nitrogens with one attached hydrogen (secondary N) is 3. The van der Waals surface area contributed by atoms with Crippen molar-refractivity contribution in [3.8, 4) is 5.75 Å². The molecule has 0 amide bonds. The zero-order chi connectivity index (χ0) is 19.6. The van der Waals surface area contributed by atoms with Crippen LogP contribution in [0.2, 0.25) is 0 Å². The van der Waals surface area contributed by atoms with Gasteiger partial charge in [-0.3, -0.25) is 4.99 Å². The van der Waals surface area contributed by atoms with E-state index in [0.29, 0.717) is 19.8 Å². The summed E-state index contributed by atoms with van der Waals surface area (Å²) in [5, 5.41) is 8.00. The number of nitrogens with zero attached hydrogens (tertiary/aromatic N) is 1. The number of benzene rings is 2. The van der Waals surface area contributed by atoms with Gasteiger partial charge in [0, 0.05) is 44.3 Å². The molecule has 2 aromatic carbocycles. The predicted octanol–water partition coefficient (Wildman–Crippen LogP) is 3.72. The van der Waals surface area contributed by atoms with Crippen LogP contribution in [0.25, 0.3) is 10.9 Å². The van der Waals surface area contributed by atoms with Crippen molar-refractivity contribution in [2.45, 2.75) is 13.0 Å². The normalized spacial score (nSPS) is 11.2. The first kappa shape index (κ1) is 23.0. The fourth-order valence-corrected chi connectivity index (χ4v) is 3.01. The van der Waals surface area contributed by atoms with E-state index in [1.807, 2.05) is 30.3 Å². The Kier molecular flexibility index (Phi) is 9.79. The van der Waals surface area contributed by atoms with Crippen molar-refractivity contribution >= 4 is 40.8 Å². The van der Waals surface area contributed by atoms with Crippen LogP contribution in [0.3, 0.4) is 0 Å². The summed E-state index contributed by atoms with van der Waals surface area (Å²) in [6, 6.07) is 16.4. The third kappa shape index (κ3) is 6.93. The van der Waals surface area contributed by atoms with Gasteiger partial charge in [0.1, 0.15) is 12.4 Å². The Bertz CT molecular complexity index is 893. The minimum atomic E-state index is 0. The van der Waals surface area contributed by atoms with Crippen LogP contribution in [0.1, 0.15) is 11.1 Å². The number of hydrogen-bond acceptors (Lipinski definition) is 3. The number of hydrogen-bond donors (Lipinski definition) is 3. The summed E-state index contributed by atoms with van der Waals surface area (Å²) in [5.74, 6) is 1.64. The van der Waals surface area contributed by atoms with Crippen LogP contribution in [-0.4, -0.2) is 44.9 Å². The van der Waals surface area contributed by atoms with Gasteiger partial charge in [0.25, 0.3) is 0 Å². The number of rotatable bonds is 9. The lowest BCUT2D eigenvalue weighted by Gasteiger charge is -2.12. The molecule has 3 aromatic rings. The Morgan fingerprint density at radius 2 is 1.83 bits per heavy atom. The second kappa shape index (κ2) is 12.3. The standard InChI is InChI=1S/C22H28N4O2.HI/c1-23-22(24-12-11-18-16-25-21-6-4-3-5-20(18)21)26-15-17-7-9-19(10-8-17)28-14-13-27-2;/h3-10,16,25H,11-15H2,1-2H3,(H2,23,24,26);1H. The molecule has 0 atom stereocenters. The largest absolute Gasteiger partial charge is 0.491 e. The fraction of sp³-hybridized carbons (Fsp3) is 0.318. The van der Waals surface area contributed by atoms with Crippen LogP contribution in [0.15, 0.2) is 59.7 Å². The van der Waals surface area contributed by atoms with E-state index in [2.05, 4.69) is 45.0 Å². The summed E-state index contributed by atoms with van der Waals surface area (Å²) in [5.41, 5.74) is 3.65. The molecule has 0 fully saturated rings. The average Bonchev–Trinajstić information content (AvgIpc) is 3.15. The van der Waals surface area contributed by atoms with Crippen LogP contribution in [-0.2, 0) is 17.7 Å². The maximum absolute atomic E-state index is 5.58. The highest BCUT2D eigenvalue weighted by molar-refractivity contribution is 14.0. The highest BCUT2D eigenvalue weighted by Gasteiger charge is 2.04. The lowest BCUT2D eigenvalue weighted by Crippen LogP contribution is -2.37. The van der Waals surface area contributed by atoms with Gasteiger partial charge in [0.15, 0.2) is 5.96 Å². The van der Waals surface area contributed by atoms with Crippen molar-refractivity contribution in [2.75, 3.05) is 33.9 Å². The topological polar surface area (TPSA) is 70.7 Å². The Labute approximate surface area is 189 Å². The Hall–Kier alpha value is -2.26.